The third-order valence-corrected chi connectivity index (χ3v) is 5.94. The summed E-state index contributed by atoms with van der Waals surface area (Å²) in [7, 11) is -2.79. The number of rotatable bonds is 6. The molecule has 20 heavy (non-hydrogen) atoms. The van der Waals surface area contributed by atoms with Crippen LogP contribution in [-0.2, 0) is 14.6 Å². The summed E-state index contributed by atoms with van der Waals surface area (Å²) in [6.45, 7) is 8.17. The van der Waals surface area contributed by atoms with E-state index >= 15 is 0 Å². The molecule has 0 bridgehead atoms. The maximum atomic E-state index is 11.5. The number of ether oxygens (including phenoxy) is 1. The molecule has 1 unspecified atom stereocenters. The van der Waals surface area contributed by atoms with E-state index in [-0.39, 0.29) is 5.41 Å². The molecular weight excluding hydrogens is 276 g/mol. The standard InChI is InChI=1S/C14H28N2O3S/c1-2-5-15-11-14(4-3-8-19-13-14)12-16-6-9-20(17,18)10-7-16/h15H,2-13H2,1H3. The van der Waals surface area contributed by atoms with Gasteiger partial charge in [-0.25, -0.2) is 8.42 Å². The maximum Gasteiger partial charge on any atom is 0.152 e. The van der Waals surface area contributed by atoms with E-state index in [2.05, 4.69) is 17.1 Å². The van der Waals surface area contributed by atoms with E-state index in [0.29, 0.717) is 24.6 Å². The van der Waals surface area contributed by atoms with Gasteiger partial charge in [0.25, 0.3) is 0 Å². The van der Waals surface area contributed by atoms with E-state index in [4.69, 9.17) is 4.74 Å². The molecule has 2 aliphatic heterocycles. The molecule has 0 saturated carbocycles. The quantitative estimate of drug-likeness (QED) is 0.725. The van der Waals surface area contributed by atoms with Gasteiger partial charge < -0.3 is 15.0 Å². The van der Waals surface area contributed by atoms with Crippen molar-refractivity contribution >= 4 is 9.84 Å². The molecule has 2 heterocycles. The first-order valence-corrected chi connectivity index (χ1v) is 9.59. The first kappa shape index (κ1) is 16.2. The predicted octanol–water partition coefficient (Wildman–Crippen LogP) is 0.513. The molecule has 0 amide bonds. The van der Waals surface area contributed by atoms with E-state index in [9.17, 15) is 8.42 Å². The lowest BCUT2D eigenvalue weighted by Gasteiger charge is -2.42. The SMILES string of the molecule is CCCNCC1(CN2CCS(=O)(=O)CC2)CCCOC1. The second kappa shape index (κ2) is 7.20. The Morgan fingerprint density at radius 3 is 2.65 bits per heavy atom. The summed E-state index contributed by atoms with van der Waals surface area (Å²) in [4.78, 5) is 2.31. The van der Waals surface area contributed by atoms with Crippen LogP contribution in [0.5, 0.6) is 0 Å². The zero-order valence-electron chi connectivity index (χ0n) is 12.6. The van der Waals surface area contributed by atoms with Crippen LogP contribution in [0.4, 0.5) is 0 Å². The van der Waals surface area contributed by atoms with Crippen LogP contribution in [0, 0.1) is 5.41 Å². The molecular formula is C14H28N2O3S. The molecule has 0 spiro atoms. The molecule has 118 valence electrons. The minimum atomic E-state index is -2.79. The van der Waals surface area contributed by atoms with Gasteiger partial charge in [-0.1, -0.05) is 6.92 Å². The van der Waals surface area contributed by atoms with Crippen molar-refractivity contribution in [3.63, 3.8) is 0 Å². The minimum absolute atomic E-state index is 0.161. The maximum absolute atomic E-state index is 11.5. The van der Waals surface area contributed by atoms with Gasteiger partial charge in [-0.2, -0.15) is 0 Å². The average Bonchev–Trinajstić information content (AvgIpc) is 2.43. The van der Waals surface area contributed by atoms with Gasteiger partial charge in [0.1, 0.15) is 0 Å². The van der Waals surface area contributed by atoms with Gasteiger partial charge in [-0.3, -0.25) is 0 Å². The molecule has 2 fully saturated rings. The van der Waals surface area contributed by atoms with Crippen LogP contribution in [0.2, 0.25) is 0 Å². The van der Waals surface area contributed by atoms with Crippen LogP contribution in [0.3, 0.4) is 0 Å². The van der Waals surface area contributed by atoms with Crippen LogP contribution >= 0.6 is 0 Å². The van der Waals surface area contributed by atoms with E-state index in [1.54, 1.807) is 0 Å². The Kier molecular flexibility index (Phi) is 5.84. The van der Waals surface area contributed by atoms with Gasteiger partial charge in [-0.15, -0.1) is 0 Å². The van der Waals surface area contributed by atoms with Crippen molar-refractivity contribution < 1.29 is 13.2 Å². The van der Waals surface area contributed by atoms with Crippen molar-refractivity contribution in [2.45, 2.75) is 26.2 Å². The molecule has 2 aliphatic rings. The fraction of sp³-hybridized carbons (Fsp3) is 1.00. The monoisotopic (exact) mass is 304 g/mol. The predicted molar refractivity (Wildman–Crippen MR) is 80.7 cm³/mol. The molecule has 0 aliphatic carbocycles. The van der Waals surface area contributed by atoms with Crippen LogP contribution in [0.15, 0.2) is 0 Å². The smallest absolute Gasteiger partial charge is 0.152 e. The van der Waals surface area contributed by atoms with Crippen molar-refractivity contribution in [1.82, 2.24) is 10.2 Å². The van der Waals surface area contributed by atoms with E-state index in [0.717, 1.165) is 45.7 Å². The van der Waals surface area contributed by atoms with Crippen LogP contribution in [0.25, 0.3) is 0 Å². The zero-order chi connectivity index (χ0) is 14.5. The first-order valence-electron chi connectivity index (χ1n) is 7.77. The van der Waals surface area contributed by atoms with Crippen molar-refractivity contribution in [2.24, 2.45) is 5.41 Å². The highest BCUT2D eigenvalue weighted by atomic mass is 32.2. The Morgan fingerprint density at radius 2 is 2.05 bits per heavy atom. The highest BCUT2D eigenvalue weighted by molar-refractivity contribution is 7.91. The average molecular weight is 304 g/mol. The Labute approximate surface area is 123 Å². The van der Waals surface area contributed by atoms with Gasteiger partial charge in [-0.05, 0) is 25.8 Å². The van der Waals surface area contributed by atoms with Gasteiger partial charge in [0.2, 0.25) is 0 Å². The van der Waals surface area contributed by atoms with Crippen molar-refractivity contribution in [1.29, 1.82) is 0 Å². The molecule has 2 saturated heterocycles. The first-order chi connectivity index (χ1) is 9.55. The molecule has 1 N–H and O–H groups in total. The zero-order valence-corrected chi connectivity index (χ0v) is 13.4. The molecule has 0 radical (unpaired) electrons. The van der Waals surface area contributed by atoms with E-state index < -0.39 is 9.84 Å². The van der Waals surface area contributed by atoms with Crippen molar-refractivity contribution in [3.8, 4) is 0 Å². The highest BCUT2D eigenvalue weighted by Crippen LogP contribution is 2.29. The lowest BCUT2D eigenvalue weighted by Crippen LogP contribution is -2.52. The highest BCUT2D eigenvalue weighted by Gasteiger charge is 2.36. The number of hydrogen-bond acceptors (Lipinski definition) is 5. The largest absolute Gasteiger partial charge is 0.381 e. The van der Waals surface area contributed by atoms with Crippen LogP contribution in [-0.4, -0.2) is 70.8 Å². The summed E-state index contributed by atoms with van der Waals surface area (Å²) in [6, 6.07) is 0. The molecule has 0 aromatic rings. The Morgan fingerprint density at radius 1 is 1.30 bits per heavy atom. The normalized spacial score (nSPS) is 31.2. The van der Waals surface area contributed by atoms with Crippen molar-refractivity contribution in [3.05, 3.63) is 0 Å². The lowest BCUT2D eigenvalue weighted by molar-refractivity contribution is -0.0249. The van der Waals surface area contributed by atoms with Gasteiger partial charge in [0.05, 0.1) is 18.1 Å². The summed E-state index contributed by atoms with van der Waals surface area (Å²) in [5, 5.41) is 3.53. The summed E-state index contributed by atoms with van der Waals surface area (Å²) in [6.07, 6.45) is 3.42. The number of nitrogens with one attached hydrogen (secondary N) is 1. The fourth-order valence-electron chi connectivity index (χ4n) is 3.14. The topological polar surface area (TPSA) is 58.6 Å². The Hall–Kier alpha value is -0.170. The molecule has 0 aromatic carbocycles. The van der Waals surface area contributed by atoms with Crippen LogP contribution < -0.4 is 5.32 Å². The molecule has 2 rings (SSSR count). The second-order valence-corrected chi connectivity index (χ2v) is 8.56. The molecule has 5 nitrogen and oxygen atoms in total. The summed E-state index contributed by atoms with van der Waals surface area (Å²) in [5.41, 5.74) is 0.161. The van der Waals surface area contributed by atoms with Crippen LogP contribution in [0.1, 0.15) is 26.2 Å². The summed E-state index contributed by atoms with van der Waals surface area (Å²) in [5.74, 6) is 0.624. The molecule has 1 atom stereocenters. The van der Waals surface area contributed by atoms with Gasteiger partial charge in [0.15, 0.2) is 9.84 Å². The summed E-state index contributed by atoms with van der Waals surface area (Å²) < 4.78 is 28.7. The van der Waals surface area contributed by atoms with E-state index in [1.165, 1.54) is 6.42 Å². The minimum Gasteiger partial charge on any atom is -0.381 e. The number of hydrogen-bond donors (Lipinski definition) is 1. The number of nitrogens with zero attached hydrogens (tertiary/aromatic N) is 1. The Bertz CT molecular complexity index is 377. The fourth-order valence-corrected chi connectivity index (χ4v) is 4.42. The molecule has 6 heteroatoms. The van der Waals surface area contributed by atoms with Crippen molar-refractivity contribution in [2.75, 3.05) is 57.4 Å². The second-order valence-electron chi connectivity index (χ2n) is 6.26. The van der Waals surface area contributed by atoms with Gasteiger partial charge >= 0.3 is 0 Å². The lowest BCUT2D eigenvalue weighted by atomic mass is 9.81. The Balaban J connectivity index is 1.90. The third-order valence-electron chi connectivity index (χ3n) is 4.33. The van der Waals surface area contributed by atoms with Gasteiger partial charge in [0, 0.05) is 38.2 Å². The summed E-state index contributed by atoms with van der Waals surface area (Å²) >= 11 is 0. The molecule has 0 aromatic heterocycles. The number of sulfone groups is 1. The van der Waals surface area contributed by atoms with E-state index in [1.807, 2.05) is 0 Å². The third kappa shape index (κ3) is 4.69.